The molecule has 5 nitrogen and oxygen atoms in total. The van der Waals surface area contributed by atoms with Gasteiger partial charge >= 0.3 is 0 Å². The number of nitrogens with zero attached hydrogens (tertiary/aromatic N) is 3. The van der Waals surface area contributed by atoms with Crippen molar-refractivity contribution in [3.05, 3.63) is 59.7 Å². The van der Waals surface area contributed by atoms with Crippen molar-refractivity contribution in [1.82, 2.24) is 9.80 Å². The summed E-state index contributed by atoms with van der Waals surface area (Å²) in [5, 5.41) is 0. The number of carbonyl (C=O) groups excluding carboxylic acids is 1. The molecule has 178 valence electrons. The van der Waals surface area contributed by atoms with Gasteiger partial charge in [0.05, 0.1) is 7.11 Å². The van der Waals surface area contributed by atoms with E-state index in [9.17, 15) is 4.79 Å². The summed E-state index contributed by atoms with van der Waals surface area (Å²) in [6, 6.07) is 17.1. The van der Waals surface area contributed by atoms with Crippen LogP contribution in [0.3, 0.4) is 0 Å². The van der Waals surface area contributed by atoms with Gasteiger partial charge in [0.1, 0.15) is 17.5 Å². The summed E-state index contributed by atoms with van der Waals surface area (Å²) >= 11 is 0. The first-order valence-electron chi connectivity index (χ1n) is 12.6. The molecule has 1 aliphatic heterocycles. The predicted molar refractivity (Wildman–Crippen MR) is 135 cm³/mol. The van der Waals surface area contributed by atoms with Gasteiger partial charge in [-0.1, -0.05) is 43.5 Å². The van der Waals surface area contributed by atoms with Crippen LogP contribution in [0.5, 0.6) is 5.75 Å². The Bertz CT molecular complexity index is 915. The molecule has 5 heteroatoms. The second-order valence-corrected chi connectivity index (χ2v) is 9.44. The topological polar surface area (TPSA) is 36.0 Å². The molecule has 1 saturated heterocycles. The number of rotatable bonds is 8. The molecule has 1 atom stereocenters. The Kier molecular flexibility index (Phi) is 7.28. The van der Waals surface area contributed by atoms with E-state index in [2.05, 4.69) is 72.0 Å². The Labute approximate surface area is 199 Å². The van der Waals surface area contributed by atoms with Crippen molar-refractivity contribution in [2.45, 2.75) is 64.1 Å². The molecule has 0 N–H and O–H groups in total. The van der Waals surface area contributed by atoms with E-state index in [0.29, 0.717) is 5.91 Å². The number of likely N-dealkylation sites (N-methyl/N-ethyl adjacent to an activating group) is 1. The third-order valence-corrected chi connectivity index (χ3v) is 7.80. The maximum Gasteiger partial charge on any atom is 0.244 e. The molecule has 1 spiro atoms. The Morgan fingerprint density at radius 3 is 2.18 bits per heavy atom. The Hall–Kier alpha value is -2.53. The van der Waals surface area contributed by atoms with E-state index in [4.69, 9.17) is 4.74 Å². The highest BCUT2D eigenvalue weighted by Crippen LogP contribution is 2.46. The molecule has 4 rings (SSSR count). The van der Waals surface area contributed by atoms with Crippen LogP contribution in [-0.4, -0.2) is 55.0 Å². The van der Waals surface area contributed by atoms with Crippen LogP contribution < -0.4 is 9.64 Å². The lowest BCUT2D eigenvalue weighted by molar-refractivity contribution is -0.135. The number of hydrogen-bond acceptors (Lipinski definition) is 4. The van der Waals surface area contributed by atoms with Crippen molar-refractivity contribution >= 4 is 11.6 Å². The van der Waals surface area contributed by atoms with Gasteiger partial charge in [0, 0.05) is 25.3 Å². The molecule has 2 fully saturated rings. The minimum atomic E-state index is -0.347. The largest absolute Gasteiger partial charge is 0.497 e. The standard InChI is InChI=1S/C28H39N3O2/c1-5-30(6-2)24-14-12-23(13-15-24)26-29(3)28(19-8-7-9-20-28)27(32)31(26)21-18-22-10-16-25(33-4)17-11-22/h10-17,26H,5-9,18-21H2,1-4H3. The van der Waals surface area contributed by atoms with Crippen molar-refractivity contribution in [1.29, 1.82) is 0 Å². The van der Waals surface area contributed by atoms with Gasteiger partial charge in [-0.3, -0.25) is 9.69 Å². The van der Waals surface area contributed by atoms with E-state index < -0.39 is 0 Å². The molecule has 2 aromatic rings. The average Bonchev–Trinajstić information content (AvgIpc) is 3.06. The van der Waals surface area contributed by atoms with Crippen molar-refractivity contribution in [2.24, 2.45) is 0 Å². The van der Waals surface area contributed by atoms with Crippen LogP contribution in [0.1, 0.15) is 63.2 Å². The summed E-state index contributed by atoms with van der Waals surface area (Å²) in [4.78, 5) is 20.8. The van der Waals surface area contributed by atoms with Gasteiger partial charge in [-0.15, -0.1) is 0 Å². The number of hydrogen-bond donors (Lipinski definition) is 0. The number of carbonyl (C=O) groups is 1. The summed E-state index contributed by atoms with van der Waals surface area (Å²) in [5.74, 6) is 1.18. The monoisotopic (exact) mass is 449 g/mol. The highest BCUT2D eigenvalue weighted by molar-refractivity contribution is 5.89. The molecule has 2 aliphatic rings. The van der Waals surface area contributed by atoms with Gasteiger partial charge < -0.3 is 14.5 Å². The zero-order valence-corrected chi connectivity index (χ0v) is 20.7. The predicted octanol–water partition coefficient (Wildman–Crippen LogP) is 5.26. The molecule has 0 bridgehead atoms. The summed E-state index contributed by atoms with van der Waals surface area (Å²) in [5.41, 5.74) is 3.33. The lowest BCUT2D eigenvalue weighted by atomic mass is 9.80. The quantitative estimate of drug-likeness (QED) is 0.551. The molecule has 2 aromatic carbocycles. The van der Waals surface area contributed by atoms with E-state index >= 15 is 0 Å². The van der Waals surface area contributed by atoms with Crippen LogP contribution in [0.4, 0.5) is 5.69 Å². The molecular weight excluding hydrogens is 410 g/mol. The van der Waals surface area contributed by atoms with Crippen LogP contribution in [0.15, 0.2) is 48.5 Å². The molecule has 1 heterocycles. The zero-order chi connectivity index (χ0) is 23.4. The van der Waals surface area contributed by atoms with Gasteiger partial charge in [-0.05, 0) is 75.5 Å². The second kappa shape index (κ2) is 10.2. The fourth-order valence-corrected chi connectivity index (χ4v) is 5.79. The summed E-state index contributed by atoms with van der Waals surface area (Å²) < 4.78 is 5.30. The maximum atomic E-state index is 13.9. The number of amides is 1. The Morgan fingerprint density at radius 2 is 1.61 bits per heavy atom. The summed E-state index contributed by atoms with van der Waals surface area (Å²) in [7, 11) is 3.85. The van der Waals surface area contributed by atoms with Crippen LogP contribution >= 0.6 is 0 Å². The SMILES string of the molecule is CCN(CC)c1ccc(C2N(CCc3ccc(OC)cc3)C(=O)C3(CCCCC3)N2C)cc1. The van der Waals surface area contributed by atoms with E-state index in [1.807, 2.05) is 12.1 Å². The van der Waals surface area contributed by atoms with E-state index in [1.165, 1.54) is 23.2 Å². The summed E-state index contributed by atoms with van der Waals surface area (Å²) in [6.07, 6.45) is 6.27. The maximum absolute atomic E-state index is 13.9. The minimum absolute atomic E-state index is 0.0143. The molecule has 0 aromatic heterocycles. The highest BCUT2D eigenvalue weighted by atomic mass is 16.5. The van der Waals surface area contributed by atoms with Crippen LogP contribution in [0.25, 0.3) is 0 Å². The van der Waals surface area contributed by atoms with Crippen molar-refractivity contribution < 1.29 is 9.53 Å². The Balaban J connectivity index is 1.61. The van der Waals surface area contributed by atoms with Gasteiger partial charge in [-0.2, -0.15) is 0 Å². The first-order valence-corrected chi connectivity index (χ1v) is 12.6. The van der Waals surface area contributed by atoms with Crippen LogP contribution in [0.2, 0.25) is 0 Å². The third kappa shape index (κ3) is 4.48. The molecule has 1 unspecified atom stereocenters. The molecule has 1 saturated carbocycles. The van der Waals surface area contributed by atoms with Crippen LogP contribution in [-0.2, 0) is 11.2 Å². The Morgan fingerprint density at radius 1 is 0.970 bits per heavy atom. The fraction of sp³-hybridized carbons (Fsp3) is 0.536. The second-order valence-electron chi connectivity index (χ2n) is 9.44. The average molecular weight is 450 g/mol. The van der Waals surface area contributed by atoms with Crippen molar-refractivity contribution in [2.75, 3.05) is 38.7 Å². The third-order valence-electron chi connectivity index (χ3n) is 7.80. The lowest BCUT2D eigenvalue weighted by Crippen LogP contribution is -2.49. The normalized spacial score (nSPS) is 20.4. The zero-order valence-electron chi connectivity index (χ0n) is 20.7. The molecular formula is C28H39N3O2. The molecule has 33 heavy (non-hydrogen) atoms. The highest BCUT2D eigenvalue weighted by Gasteiger charge is 2.55. The first-order chi connectivity index (χ1) is 16.0. The lowest BCUT2D eigenvalue weighted by Gasteiger charge is -2.38. The van der Waals surface area contributed by atoms with E-state index in [0.717, 1.165) is 57.5 Å². The molecule has 1 amide bonds. The number of ether oxygens (including phenoxy) is 1. The van der Waals surface area contributed by atoms with Crippen LogP contribution in [0, 0.1) is 0 Å². The summed E-state index contributed by atoms with van der Waals surface area (Å²) in [6.45, 7) is 7.09. The van der Waals surface area contributed by atoms with E-state index in [-0.39, 0.29) is 11.7 Å². The minimum Gasteiger partial charge on any atom is -0.497 e. The van der Waals surface area contributed by atoms with E-state index in [1.54, 1.807) is 7.11 Å². The number of methoxy groups -OCH3 is 1. The fourth-order valence-electron chi connectivity index (χ4n) is 5.79. The van der Waals surface area contributed by atoms with Crippen molar-refractivity contribution in [3.8, 4) is 5.75 Å². The molecule has 0 radical (unpaired) electrons. The smallest absolute Gasteiger partial charge is 0.244 e. The van der Waals surface area contributed by atoms with Gasteiger partial charge in [-0.25, -0.2) is 0 Å². The number of anilines is 1. The van der Waals surface area contributed by atoms with Gasteiger partial charge in [0.25, 0.3) is 0 Å². The van der Waals surface area contributed by atoms with Gasteiger partial charge in [0.2, 0.25) is 5.91 Å². The first kappa shape index (κ1) is 23.6. The van der Waals surface area contributed by atoms with Crippen molar-refractivity contribution in [3.63, 3.8) is 0 Å². The number of benzene rings is 2. The molecule has 1 aliphatic carbocycles. The van der Waals surface area contributed by atoms with Gasteiger partial charge in [0.15, 0.2) is 0 Å².